The maximum atomic E-state index is 5.84. The molecule has 0 aromatic rings. The van der Waals surface area contributed by atoms with E-state index in [0.717, 1.165) is 45.0 Å². The van der Waals surface area contributed by atoms with Gasteiger partial charge in [0, 0.05) is 0 Å². The highest BCUT2D eigenvalue weighted by Crippen LogP contribution is 2.33. The van der Waals surface area contributed by atoms with Crippen molar-refractivity contribution in [2.75, 3.05) is 33.2 Å². The quantitative estimate of drug-likeness (QED) is 0.785. The lowest BCUT2D eigenvalue weighted by molar-refractivity contribution is 0.125. The molecule has 0 aromatic carbocycles. The molecule has 6 heteroatoms. The first-order chi connectivity index (χ1) is 11.0. The predicted octanol–water partition coefficient (Wildman–Crippen LogP) is 1.80. The molecule has 23 heavy (non-hydrogen) atoms. The molecule has 0 spiro atoms. The first-order valence-corrected chi connectivity index (χ1v) is 8.73. The van der Waals surface area contributed by atoms with E-state index in [4.69, 9.17) is 9.47 Å². The van der Waals surface area contributed by atoms with E-state index in [1.165, 1.54) is 0 Å². The van der Waals surface area contributed by atoms with Gasteiger partial charge in [-0.2, -0.15) is 0 Å². The van der Waals surface area contributed by atoms with Gasteiger partial charge < -0.3 is 29.1 Å². The van der Waals surface area contributed by atoms with E-state index in [1.54, 1.807) is 0 Å². The zero-order valence-electron chi connectivity index (χ0n) is 14.6. The van der Waals surface area contributed by atoms with Crippen LogP contribution in [0.2, 0.25) is 0 Å². The third-order valence-corrected chi connectivity index (χ3v) is 5.33. The van der Waals surface area contributed by atoms with Crippen molar-refractivity contribution in [2.45, 2.75) is 39.8 Å². The van der Waals surface area contributed by atoms with Gasteiger partial charge in [-0.3, -0.25) is 0 Å². The molecular formula is C17H28N4O2. The first kappa shape index (κ1) is 14.8. The van der Waals surface area contributed by atoms with E-state index in [1.807, 2.05) is 0 Å². The zero-order valence-corrected chi connectivity index (χ0v) is 14.6. The van der Waals surface area contributed by atoms with Gasteiger partial charge in [-0.15, -0.1) is 0 Å². The number of fused-ring (bicyclic) bond motifs is 2. The molecule has 4 aliphatic rings. The van der Waals surface area contributed by atoms with Crippen LogP contribution in [0.5, 0.6) is 0 Å². The van der Waals surface area contributed by atoms with Crippen molar-refractivity contribution in [3.8, 4) is 0 Å². The van der Waals surface area contributed by atoms with Crippen molar-refractivity contribution >= 4 is 0 Å². The lowest BCUT2D eigenvalue weighted by Gasteiger charge is -2.30. The van der Waals surface area contributed by atoms with Crippen LogP contribution in [0.25, 0.3) is 0 Å². The Kier molecular flexibility index (Phi) is 3.50. The summed E-state index contributed by atoms with van der Waals surface area (Å²) in [5.74, 6) is 3.29. The summed E-state index contributed by atoms with van der Waals surface area (Å²) in [5, 5.41) is 0. The van der Waals surface area contributed by atoms with E-state index < -0.39 is 0 Å². The molecule has 4 rings (SSSR count). The van der Waals surface area contributed by atoms with Crippen molar-refractivity contribution in [3.63, 3.8) is 0 Å². The van der Waals surface area contributed by atoms with Gasteiger partial charge in [0.1, 0.15) is 13.2 Å². The molecule has 2 saturated heterocycles. The van der Waals surface area contributed by atoms with E-state index in [2.05, 4.69) is 59.7 Å². The summed E-state index contributed by atoms with van der Waals surface area (Å²) in [4.78, 5) is 9.44. The molecule has 6 nitrogen and oxygen atoms in total. The molecule has 2 fully saturated rings. The fourth-order valence-electron chi connectivity index (χ4n) is 3.88. The average Bonchev–Trinajstić information content (AvgIpc) is 3.16. The van der Waals surface area contributed by atoms with Gasteiger partial charge in [0.05, 0.1) is 44.5 Å². The molecule has 2 atom stereocenters. The van der Waals surface area contributed by atoms with Gasteiger partial charge in [0.15, 0.2) is 0 Å². The third-order valence-electron chi connectivity index (χ3n) is 5.33. The summed E-state index contributed by atoms with van der Waals surface area (Å²) in [6.07, 6.45) is 4.32. The maximum Gasteiger partial charge on any atom is 0.207 e. The summed E-state index contributed by atoms with van der Waals surface area (Å²) >= 11 is 0. The van der Waals surface area contributed by atoms with Crippen molar-refractivity contribution in [2.24, 2.45) is 11.8 Å². The van der Waals surface area contributed by atoms with E-state index in [-0.39, 0.29) is 0 Å². The molecular weight excluding hydrogens is 292 g/mol. The van der Waals surface area contributed by atoms with E-state index in [0.29, 0.717) is 23.9 Å². The Hall–Kier alpha value is -1.72. The number of ether oxygens (including phenoxy) is 2. The highest BCUT2D eigenvalue weighted by molar-refractivity contribution is 5.09. The van der Waals surface area contributed by atoms with Crippen LogP contribution in [0.4, 0.5) is 0 Å². The summed E-state index contributed by atoms with van der Waals surface area (Å²) in [5.41, 5.74) is 0. The van der Waals surface area contributed by atoms with Crippen LogP contribution in [-0.4, -0.2) is 64.9 Å². The predicted molar refractivity (Wildman–Crippen MR) is 87.3 cm³/mol. The molecule has 0 radical (unpaired) electrons. The zero-order chi connectivity index (χ0) is 16.1. The molecule has 0 saturated carbocycles. The van der Waals surface area contributed by atoms with Gasteiger partial charge >= 0.3 is 0 Å². The highest BCUT2D eigenvalue weighted by atomic mass is 16.5. The van der Waals surface area contributed by atoms with E-state index >= 15 is 0 Å². The van der Waals surface area contributed by atoms with Gasteiger partial charge in [0.2, 0.25) is 11.8 Å². The molecule has 0 amide bonds. The van der Waals surface area contributed by atoms with Crippen molar-refractivity contribution in [1.29, 1.82) is 0 Å². The van der Waals surface area contributed by atoms with Crippen molar-refractivity contribution < 1.29 is 9.47 Å². The second-order valence-corrected chi connectivity index (χ2v) is 7.72. The van der Waals surface area contributed by atoms with Crippen LogP contribution in [0.3, 0.4) is 0 Å². The summed E-state index contributed by atoms with van der Waals surface area (Å²) in [7, 11) is 0. The Morgan fingerprint density at radius 3 is 1.70 bits per heavy atom. The normalized spacial score (nSPS) is 29.1. The lowest BCUT2D eigenvalue weighted by Crippen LogP contribution is -2.42. The Labute approximate surface area is 138 Å². The highest BCUT2D eigenvalue weighted by Gasteiger charge is 2.39. The number of rotatable bonds is 4. The lowest BCUT2D eigenvalue weighted by atomic mass is 10.1. The van der Waals surface area contributed by atoms with Crippen LogP contribution in [0.1, 0.15) is 27.7 Å². The smallest absolute Gasteiger partial charge is 0.207 e. The topological polar surface area (TPSA) is 31.4 Å². The number of hydrogen-bond donors (Lipinski definition) is 0. The van der Waals surface area contributed by atoms with Crippen LogP contribution < -0.4 is 0 Å². The standard InChI is InChI=1S/C17H28N4O2/c1-12(2)14-7-22-16-5-18(10-20(14)16)9-19-6-17-21(11-19)15(8-23-17)13(3)4/h5-6,12-15H,7-11H2,1-4H3/t14-,15-/m1/s1. The number of nitrogens with zero attached hydrogens (tertiary/aromatic N) is 4. The summed E-state index contributed by atoms with van der Waals surface area (Å²) < 4.78 is 11.7. The molecule has 0 aliphatic carbocycles. The molecule has 0 unspecified atom stereocenters. The van der Waals surface area contributed by atoms with Crippen LogP contribution in [-0.2, 0) is 9.47 Å². The second kappa shape index (κ2) is 5.42. The van der Waals surface area contributed by atoms with Gasteiger partial charge in [-0.1, -0.05) is 27.7 Å². The van der Waals surface area contributed by atoms with Gasteiger partial charge in [0.25, 0.3) is 0 Å². The van der Waals surface area contributed by atoms with Crippen LogP contribution >= 0.6 is 0 Å². The summed E-state index contributed by atoms with van der Waals surface area (Å²) in [6.45, 7) is 13.4. The molecule has 0 aromatic heterocycles. The minimum absolute atomic E-state index is 0.500. The summed E-state index contributed by atoms with van der Waals surface area (Å²) in [6, 6.07) is 1.000. The van der Waals surface area contributed by atoms with Gasteiger partial charge in [-0.25, -0.2) is 0 Å². The third kappa shape index (κ3) is 2.48. The first-order valence-electron chi connectivity index (χ1n) is 8.73. The monoisotopic (exact) mass is 320 g/mol. The fourth-order valence-corrected chi connectivity index (χ4v) is 3.88. The van der Waals surface area contributed by atoms with Crippen molar-refractivity contribution in [1.82, 2.24) is 19.6 Å². The van der Waals surface area contributed by atoms with Crippen LogP contribution in [0.15, 0.2) is 24.2 Å². The Morgan fingerprint density at radius 1 is 0.870 bits per heavy atom. The van der Waals surface area contributed by atoms with Crippen LogP contribution in [0, 0.1) is 11.8 Å². The SMILES string of the molecule is CC(C)[C@H]1COC2=CN(CN3C=C4OC[C@H](C(C)C)N4C3)CN21. The molecule has 4 heterocycles. The second-order valence-electron chi connectivity index (χ2n) is 7.72. The average molecular weight is 320 g/mol. The maximum absolute atomic E-state index is 5.84. The molecule has 0 N–H and O–H groups in total. The number of hydrogen-bond acceptors (Lipinski definition) is 6. The minimum Gasteiger partial charge on any atom is -0.476 e. The van der Waals surface area contributed by atoms with Gasteiger partial charge in [-0.05, 0) is 11.8 Å². The minimum atomic E-state index is 0.500. The Balaban J connectivity index is 1.37. The fraction of sp³-hybridized carbons (Fsp3) is 0.765. The Bertz CT molecular complexity index is 485. The van der Waals surface area contributed by atoms with Crippen molar-refractivity contribution in [3.05, 3.63) is 24.2 Å². The molecule has 128 valence electrons. The van der Waals surface area contributed by atoms with E-state index in [9.17, 15) is 0 Å². The largest absolute Gasteiger partial charge is 0.476 e. The Morgan fingerprint density at radius 2 is 1.30 bits per heavy atom. The molecule has 0 bridgehead atoms. The molecule has 4 aliphatic heterocycles.